The van der Waals surface area contributed by atoms with Gasteiger partial charge in [0.15, 0.2) is 0 Å². The van der Waals surface area contributed by atoms with Crippen LogP contribution in [0.25, 0.3) is 0 Å². The minimum Gasteiger partial charge on any atom is -0.456 e. The van der Waals surface area contributed by atoms with E-state index >= 15 is 0 Å². The first-order chi connectivity index (χ1) is 11.4. The van der Waals surface area contributed by atoms with Gasteiger partial charge in [-0.25, -0.2) is 4.99 Å². The van der Waals surface area contributed by atoms with Crippen LogP contribution in [0.3, 0.4) is 0 Å². The van der Waals surface area contributed by atoms with E-state index in [-0.39, 0.29) is 11.0 Å². The molecular formula is C20H23ClN2O. The number of nitrogens with zero attached hydrogens (tertiary/aromatic N) is 1. The molecule has 3 nitrogen and oxygen atoms in total. The molecule has 1 unspecified atom stereocenters. The monoisotopic (exact) mass is 342 g/mol. The summed E-state index contributed by atoms with van der Waals surface area (Å²) in [6, 6.07) is 18.5. The van der Waals surface area contributed by atoms with Crippen molar-refractivity contribution >= 4 is 23.3 Å². The Bertz CT molecular complexity index is 720. The van der Waals surface area contributed by atoms with E-state index in [1.54, 1.807) is 0 Å². The lowest BCUT2D eigenvalue weighted by molar-refractivity contribution is -0.0187. The van der Waals surface area contributed by atoms with E-state index in [2.05, 4.69) is 55.3 Å². The number of benzene rings is 2. The van der Waals surface area contributed by atoms with Gasteiger partial charge in [0, 0.05) is 22.5 Å². The first kappa shape index (κ1) is 16.8. The number of aliphatic imine (C=N–C) groups is 1. The lowest BCUT2D eigenvalue weighted by atomic mass is 9.73. The molecule has 1 heterocycles. The Morgan fingerprint density at radius 3 is 2.38 bits per heavy atom. The van der Waals surface area contributed by atoms with Gasteiger partial charge in [0.05, 0.1) is 6.54 Å². The second-order valence-corrected chi connectivity index (χ2v) is 7.70. The first-order valence-electron chi connectivity index (χ1n) is 8.18. The smallest absolute Gasteiger partial charge is 0.289 e. The van der Waals surface area contributed by atoms with E-state index in [4.69, 9.17) is 16.3 Å². The largest absolute Gasteiger partial charge is 0.456 e. The summed E-state index contributed by atoms with van der Waals surface area (Å²) in [6.45, 7) is 7.26. The molecule has 0 amide bonds. The Kier molecular flexibility index (Phi) is 4.55. The zero-order chi connectivity index (χ0) is 17.2. The van der Waals surface area contributed by atoms with Gasteiger partial charge in [-0.2, -0.15) is 0 Å². The van der Waals surface area contributed by atoms with Crippen molar-refractivity contribution in [2.24, 2.45) is 10.4 Å². The van der Waals surface area contributed by atoms with Gasteiger partial charge in [-0.05, 0) is 29.8 Å². The van der Waals surface area contributed by atoms with Gasteiger partial charge in [-0.1, -0.05) is 62.7 Å². The maximum atomic E-state index is 6.36. The van der Waals surface area contributed by atoms with Crippen LogP contribution < -0.4 is 5.32 Å². The van der Waals surface area contributed by atoms with E-state index < -0.39 is 0 Å². The minimum atomic E-state index is -0.358. The van der Waals surface area contributed by atoms with E-state index in [0.29, 0.717) is 17.6 Å². The standard InChI is InChI=1S/C20H23ClN2O/c1-19(2,3)20(13-15-7-5-4-6-8-15)14-22-18(24-20)23-17-11-9-16(21)10-12-17/h4-12H,13-14H2,1-3H3,(H,22,23). The van der Waals surface area contributed by atoms with Crippen LogP contribution >= 0.6 is 11.6 Å². The number of rotatable bonds is 3. The van der Waals surface area contributed by atoms with Crippen molar-refractivity contribution in [3.8, 4) is 0 Å². The van der Waals surface area contributed by atoms with Crippen LogP contribution in [0.5, 0.6) is 0 Å². The molecule has 1 atom stereocenters. The summed E-state index contributed by atoms with van der Waals surface area (Å²) in [4.78, 5) is 4.62. The summed E-state index contributed by atoms with van der Waals surface area (Å²) in [6.07, 6.45) is 0.826. The summed E-state index contributed by atoms with van der Waals surface area (Å²) in [5.74, 6) is 0. The fourth-order valence-electron chi connectivity index (χ4n) is 2.84. The summed E-state index contributed by atoms with van der Waals surface area (Å²) >= 11 is 5.93. The van der Waals surface area contributed by atoms with Crippen molar-refractivity contribution in [2.45, 2.75) is 32.8 Å². The number of nitrogens with one attached hydrogen (secondary N) is 1. The zero-order valence-corrected chi connectivity index (χ0v) is 15.1. The van der Waals surface area contributed by atoms with Gasteiger partial charge in [0.2, 0.25) is 0 Å². The molecule has 2 aromatic carbocycles. The van der Waals surface area contributed by atoms with Gasteiger partial charge in [0.25, 0.3) is 6.02 Å². The van der Waals surface area contributed by atoms with E-state index in [1.807, 2.05) is 30.3 Å². The minimum absolute atomic E-state index is 0.0459. The van der Waals surface area contributed by atoms with Gasteiger partial charge >= 0.3 is 0 Å². The molecule has 0 spiro atoms. The van der Waals surface area contributed by atoms with Crippen molar-refractivity contribution in [3.05, 3.63) is 65.2 Å². The molecular weight excluding hydrogens is 320 g/mol. The average Bonchev–Trinajstić information content (AvgIpc) is 2.94. The lowest BCUT2D eigenvalue weighted by Gasteiger charge is -2.40. The molecule has 24 heavy (non-hydrogen) atoms. The highest BCUT2D eigenvalue weighted by Crippen LogP contribution is 2.40. The number of halogens is 1. The molecule has 4 heteroatoms. The van der Waals surface area contributed by atoms with Crippen molar-refractivity contribution in [2.75, 3.05) is 11.9 Å². The molecule has 126 valence electrons. The van der Waals surface area contributed by atoms with Gasteiger partial charge < -0.3 is 10.1 Å². The third-order valence-corrected chi connectivity index (χ3v) is 4.82. The van der Waals surface area contributed by atoms with E-state index in [9.17, 15) is 0 Å². The van der Waals surface area contributed by atoms with Crippen molar-refractivity contribution in [1.29, 1.82) is 0 Å². The number of hydrogen-bond acceptors (Lipinski definition) is 3. The van der Waals surface area contributed by atoms with Gasteiger partial charge in [-0.15, -0.1) is 0 Å². The molecule has 0 radical (unpaired) electrons. The number of ether oxygens (including phenoxy) is 1. The molecule has 1 aliphatic heterocycles. The highest BCUT2D eigenvalue weighted by atomic mass is 35.5. The summed E-state index contributed by atoms with van der Waals surface area (Å²) in [5, 5.41) is 3.96. The third-order valence-electron chi connectivity index (χ3n) is 4.56. The highest BCUT2D eigenvalue weighted by molar-refractivity contribution is 6.30. The first-order valence-corrected chi connectivity index (χ1v) is 8.56. The quantitative estimate of drug-likeness (QED) is 0.835. The van der Waals surface area contributed by atoms with Gasteiger partial charge in [0.1, 0.15) is 5.60 Å². The Morgan fingerprint density at radius 1 is 1.08 bits per heavy atom. The maximum absolute atomic E-state index is 6.36. The van der Waals surface area contributed by atoms with Crippen molar-refractivity contribution in [3.63, 3.8) is 0 Å². The molecule has 0 saturated heterocycles. The fraction of sp³-hybridized carbons (Fsp3) is 0.350. The highest BCUT2D eigenvalue weighted by Gasteiger charge is 2.48. The van der Waals surface area contributed by atoms with E-state index in [1.165, 1.54) is 5.56 Å². The molecule has 3 rings (SSSR count). The van der Waals surface area contributed by atoms with Crippen LogP contribution in [0.1, 0.15) is 26.3 Å². The molecule has 0 aliphatic carbocycles. The average molecular weight is 343 g/mol. The summed E-state index contributed by atoms with van der Waals surface area (Å²) < 4.78 is 6.36. The Balaban J connectivity index is 1.77. The second-order valence-electron chi connectivity index (χ2n) is 7.26. The Labute approximate surface area is 148 Å². The van der Waals surface area contributed by atoms with Crippen LogP contribution in [0.2, 0.25) is 5.02 Å². The van der Waals surface area contributed by atoms with Crippen molar-refractivity contribution in [1.82, 2.24) is 0 Å². The SMILES string of the molecule is CC(C)(C)C1(Cc2ccccc2)CN=C(Nc2ccc(Cl)cc2)O1. The number of anilines is 1. The van der Waals surface area contributed by atoms with Crippen LogP contribution in [-0.2, 0) is 11.2 Å². The molecule has 0 bridgehead atoms. The molecule has 0 fully saturated rings. The van der Waals surface area contributed by atoms with Crippen LogP contribution in [0.15, 0.2) is 59.6 Å². The molecule has 1 aliphatic rings. The van der Waals surface area contributed by atoms with Crippen LogP contribution in [-0.4, -0.2) is 18.2 Å². The summed E-state index contributed by atoms with van der Waals surface area (Å²) in [5.41, 5.74) is 1.77. The van der Waals surface area contributed by atoms with Gasteiger partial charge in [-0.3, -0.25) is 0 Å². The lowest BCUT2D eigenvalue weighted by Crippen LogP contribution is -2.48. The van der Waals surface area contributed by atoms with Crippen molar-refractivity contribution < 1.29 is 4.74 Å². The normalized spacial score (nSPS) is 20.4. The molecule has 1 N–H and O–H groups in total. The number of amidine groups is 1. The Hall–Kier alpha value is -2.00. The number of hydrogen-bond donors (Lipinski definition) is 1. The van der Waals surface area contributed by atoms with Crippen LogP contribution in [0.4, 0.5) is 5.69 Å². The topological polar surface area (TPSA) is 33.6 Å². The predicted octanol–water partition coefficient (Wildman–Crippen LogP) is 5.17. The maximum Gasteiger partial charge on any atom is 0.289 e. The summed E-state index contributed by atoms with van der Waals surface area (Å²) in [7, 11) is 0. The predicted molar refractivity (Wildman–Crippen MR) is 101 cm³/mol. The molecule has 0 saturated carbocycles. The molecule has 2 aromatic rings. The van der Waals surface area contributed by atoms with Crippen LogP contribution in [0, 0.1) is 5.41 Å². The third kappa shape index (κ3) is 3.57. The second kappa shape index (κ2) is 6.48. The van der Waals surface area contributed by atoms with E-state index in [0.717, 1.165) is 12.1 Å². The zero-order valence-electron chi connectivity index (χ0n) is 14.3. The fourth-order valence-corrected chi connectivity index (χ4v) is 2.97. The Morgan fingerprint density at radius 2 is 1.75 bits per heavy atom. The molecule has 0 aromatic heterocycles.